The molecule has 1 nitrogen and oxygen atoms in total. The Morgan fingerprint density at radius 1 is 0.385 bits per heavy atom. The Labute approximate surface area is 302 Å². The number of fused-ring (bicyclic) bond motifs is 10. The van der Waals surface area contributed by atoms with Gasteiger partial charge in [0.15, 0.2) is 0 Å². The maximum absolute atomic E-state index is 6.60. The second-order valence-corrected chi connectivity index (χ2v) is 14.8. The molecule has 0 unspecified atom stereocenters. The Morgan fingerprint density at radius 2 is 0.962 bits per heavy atom. The van der Waals surface area contributed by atoms with E-state index in [2.05, 4.69) is 178 Å². The van der Waals surface area contributed by atoms with E-state index in [1.54, 1.807) is 0 Å². The van der Waals surface area contributed by atoms with Gasteiger partial charge in [-0.05, 0) is 95.0 Å². The van der Waals surface area contributed by atoms with Crippen LogP contribution in [-0.4, -0.2) is 0 Å². The van der Waals surface area contributed by atoms with Crippen molar-refractivity contribution in [2.45, 2.75) is 19.3 Å². The lowest BCUT2D eigenvalue weighted by atomic mass is 9.79. The van der Waals surface area contributed by atoms with Crippen molar-refractivity contribution >= 4 is 54.3 Å². The third kappa shape index (κ3) is 4.05. The Kier molecular flexibility index (Phi) is 6.08. The molecule has 0 radical (unpaired) electrons. The zero-order valence-electron chi connectivity index (χ0n) is 29.1. The molecule has 1 aliphatic carbocycles. The SMILES string of the molecule is CC1(C)c2cc(-c3cccc(-c4c5ccccc5c(-c5cccc6c5oc5ccccc56)c5ccccc45)c3)ccc2-c2ccc3ccccc3c21. The van der Waals surface area contributed by atoms with Crippen LogP contribution in [0.5, 0.6) is 0 Å². The number of hydrogen-bond donors (Lipinski definition) is 0. The molecule has 11 rings (SSSR count). The van der Waals surface area contributed by atoms with Gasteiger partial charge in [-0.1, -0.05) is 166 Å². The Morgan fingerprint density at radius 3 is 1.73 bits per heavy atom. The Balaban J connectivity index is 1.11. The Hall–Kier alpha value is -6.44. The van der Waals surface area contributed by atoms with Gasteiger partial charge in [-0.3, -0.25) is 0 Å². The summed E-state index contributed by atoms with van der Waals surface area (Å²) in [5.74, 6) is 0. The maximum Gasteiger partial charge on any atom is 0.143 e. The van der Waals surface area contributed by atoms with Crippen molar-refractivity contribution in [3.63, 3.8) is 0 Å². The summed E-state index contributed by atoms with van der Waals surface area (Å²) in [5.41, 5.74) is 14.5. The van der Waals surface area contributed by atoms with Gasteiger partial charge >= 0.3 is 0 Å². The van der Waals surface area contributed by atoms with Gasteiger partial charge in [0.1, 0.15) is 11.2 Å². The summed E-state index contributed by atoms with van der Waals surface area (Å²) in [5, 5.41) is 9.86. The van der Waals surface area contributed by atoms with Crippen LogP contribution in [0, 0.1) is 0 Å². The fraction of sp³-hybridized carbons (Fsp3) is 0.0588. The second kappa shape index (κ2) is 10.8. The summed E-state index contributed by atoms with van der Waals surface area (Å²) in [6.07, 6.45) is 0. The molecule has 1 aliphatic rings. The van der Waals surface area contributed by atoms with Crippen LogP contribution in [0.1, 0.15) is 25.0 Å². The molecule has 0 fully saturated rings. The molecule has 0 saturated carbocycles. The molecule has 1 heteroatoms. The second-order valence-electron chi connectivity index (χ2n) is 14.8. The summed E-state index contributed by atoms with van der Waals surface area (Å²) in [4.78, 5) is 0. The van der Waals surface area contributed by atoms with E-state index >= 15 is 0 Å². The van der Waals surface area contributed by atoms with E-state index in [1.165, 1.54) is 82.4 Å². The number of furan rings is 1. The van der Waals surface area contributed by atoms with Crippen LogP contribution in [0.4, 0.5) is 0 Å². The smallest absolute Gasteiger partial charge is 0.143 e. The van der Waals surface area contributed by atoms with E-state index in [9.17, 15) is 0 Å². The zero-order valence-corrected chi connectivity index (χ0v) is 29.1. The molecular formula is C51H34O. The highest BCUT2D eigenvalue weighted by molar-refractivity contribution is 6.24. The van der Waals surface area contributed by atoms with Crippen LogP contribution >= 0.6 is 0 Å². The predicted octanol–water partition coefficient (Wildman–Crippen LogP) is 14.4. The first-order chi connectivity index (χ1) is 25.6. The van der Waals surface area contributed by atoms with Crippen molar-refractivity contribution in [2.24, 2.45) is 0 Å². The monoisotopic (exact) mass is 662 g/mol. The average molecular weight is 663 g/mol. The molecular weight excluding hydrogens is 629 g/mol. The topological polar surface area (TPSA) is 13.1 Å². The predicted molar refractivity (Wildman–Crippen MR) is 220 cm³/mol. The summed E-state index contributed by atoms with van der Waals surface area (Å²) in [7, 11) is 0. The van der Waals surface area contributed by atoms with Gasteiger partial charge in [-0.25, -0.2) is 0 Å². The van der Waals surface area contributed by atoms with E-state index < -0.39 is 0 Å². The van der Waals surface area contributed by atoms with Crippen LogP contribution in [0.15, 0.2) is 174 Å². The van der Waals surface area contributed by atoms with E-state index in [0.29, 0.717) is 0 Å². The molecule has 1 heterocycles. The lowest BCUT2D eigenvalue weighted by Crippen LogP contribution is -2.15. The third-order valence-electron chi connectivity index (χ3n) is 11.6. The highest BCUT2D eigenvalue weighted by Crippen LogP contribution is 2.52. The number of rotatable bonds is 3. The summed E-state index contributed by atoms with van der Waals surface area (Å²) in [6.45, 7) is 4.77. The van der Waals surface area contributed by atoms with Gasteiger partial charge in [-0.2, -0.15) is 0 Å². The van der Waals surface area contributed by atoms with E-state index in [1.807, 2.05) is 6.07 Å². The minimum atomic E-state index is -0.107. The van der Waals surface area contributed by atoms with Crippen molar-refractivity contribution in [2.75, 3.05) is 0 Å². The van der Waals surface area contributed by atoms with Crippen molar-refractivity contribution in [3.8, 4) is 44.5 Å². The van der Waals surface area contributed by atoms with E-state index in [0.717, 1.165) is 27.5 Å². The highest BCUT2D eigenvalue weighted by Gasteiger charge is 2.37. The number of para-hydroxylation sites is 2. The van der Waals surface area contributed by atoms with Crippen molar-refractivity contribution < 1.29 is 4.42 Å². The fourth-order valence-electron chi connectivity index (χ4n) is 9.31. The third-order valence-corrected chi connectivity index (χ3v) is 11.6. The highest BCUT2D eigenvalue weighted by atomic mass is 16.3. The molecule has 0 spiro atoms. The molecule has 9 aromatic carbocycles. The van der Waals surface area contributed by atoms with E-state index in [4.69, 9.17) is 4.42 Å². The molecule has 244 valence electrons. The van der Waals surface area contributed by atoms with Crippen LogP contribution in [0.3, 0.4) is 0 Å². The zero-order chi connectivity index (χ0) is 34.6. The van der Waals surface area contributed by atoms with Gasteiger partial charge in [0.2, 0.25) is 0 Å². The average Bonchev–Trinajstić information content (AvgIpc) is 3.69. The van der Waals surface area contributed by atoms with Crippen LogP contribution in [0.25, 0.3) is 98.8 Å². The lowest BCUT2D eigenvalue weighted by Gasteiger charge is -2.23. The van der Waals surface area contributed by atoms with Gasteiger partial charge in [0, 0.05) is 27.3 Å². The molecule has 0 saturated heterocycles. The molecule has 0 atom stereocenters. The number of hydrogen-bond acceptors (Lipinski definition) is 1. The minimum absolute atomic E-state index is 0.107. The van der Waals surface area contributed by atoms with Crippen molar-refractivity contribution in [3.05, 3.63) is 181 Å². The number of benzene rings is 9. The first-order valence-electron chi connectivity index (χ1n) is 18.2. The lowest BCUT2D eigenvalue weighted by molar-refractivity contribution is 0.666. The van der Waals surface area contributed by atoms with Crippen molar-refractivity contribution in [1.29, 1.82) is 0 Å². The van der Waals surface area contributed by atoms with E-state index in [-0.39, 0.29) is 5.41 Å². The molecule has 0 amide bonds. The summed E-state index contributed by atoms with van der Waals surface area (Å²) in [6, 6.07) is 62.3. The minimum Gasteiger partial charge on any atom is -0.455 e. The molecule has 0 aliphatic heterocycles. The molecule has 0 N–H and O–H groups in total. The van der Waals surface area contributed by atoms with Gasteiger partial charge in [0.05, 0.1) is 0 Å². The van der Waals surface area contributed by atoms with Crippen LogP contribution in [0.2, 0.25) is 0 Å². The summed E-state index contributed by atoms with van der Waals surface area (Å²) < 4.78 is 6.60. The largest absolute Gasteiger partial charge is 0.455 e. The van der Waals surface area contributed by atoms with Gasteiger partial charge in [0.25, 0.3) is 0 Å². The van der Waals surface area contributed by atoms with Crippen LogP contribution < -0.4 is 0 Å². The van der Waals surface area contributed by atoms with Gasteiger partial charge < -0.3 is 4.42 Å². The Bertz CT molecular complexity index is 3040. The van der Waals surface area contributed by atoms with Crippen LogP contribution in [-0.2, 0) is 5.41 Å². The first kappa shape index (κ1) is 29.3. The molecule has 52 heavy (non-hydrogen) atoms. The fourth-order valence-corrected chi connectivity index (χ4v) is 9.31. The molecule has 0 bridgehead atoms. The molecule has 1 aromatic heterocycles. The normalized spacial score (nSPS) is 13.3. The van der Waals surface area contributed by atoms with Gasteiger partial charge in [-0.15, -0.1) is 0 Å². The van der Waals surface area contributed by atoms with Crippen molar-refractivity contribution in [1.82, 2.24) is 0 Å². The summed E-state index contributed by atoms with van der Waals surface area (Å²) >= 11 is 0. The first-order valence-corrected chi connectivity index (χ1v) is 18.2. The maximum atomic E-state index is 6.60. The molecule has 10 aromatic rings. The standard InChI is InChI=1S/C51H34O/c1-51(2)45-30-33(26-27-36(45)42-28-25-31-13-3-4-16-35(31)49(42)51)32-14-11-15-34(29-32)47-38-18-5-7-20-40(38)48(41-21-8-6-19-39(41)47)44-23-12-22-43-37-17-9-10-24-46(37)52-50(43)44/h3-30H,1-2H3. The quantitative estimate of drug-likeness (QED) is 0.172.